The van der Waals surface area contributed by atoms with Gasteiger partial charge in [0.2, 0.25) is 5.91 Å². The molecule has 1 heterocycles. The molecule has 4 heteroatoms. The van der Waals surface area contributed by atoms with Crippen LogP contribution in [0.15, 0.2) is 42.2 Å². The Morgan fingerprint density at radius 2 is 1.96 bits per heavy atom. The average molecular weight is 327 g/mol. The van der Waals surface area contributed by atoms with Crippen LogP contribution in [0.25, 0.3) is 0 Å². The Morgan fingerprint density at radius 1 is 1.17 bits per heavy atom. The summed E-state index contributed by atoms with van der Waals surface area (Å²) in [5.41, 5.74) is 1.16. The van der Waals surface area contributed by atoms with Gasteiger partial charge in [0.1, 0.15) is 0 Å². The first kappa shape index (κ1) is 16.7. The number of hydrogen-bond acceptors (Lipinski definition) is 3. The van der Waals surface area contributed by atoms with E-state index in [1.807, 2.05) is 30.0 Å². The van der Waals surface area contributed by atoms with Gasteiger partial charge in [0.15, 0.2) is 5.78 Å². The number of allylic oxidation sites excluding steroid dienone is 2. The lowest BCUT2D eigenvalue weighted by Crippen LogP contribution is -2.34. The molecule has 1 aliphatic heterocycles. The molecule has 2 aliphatic rings. The van der Waals surface area contributed by atoms with Crippen molar-refractivity contribution in [2.24, 2.45) is 5.92 Å². The maximum absolute atomic E-state index is 12.3. The maximum atomic E-state index is 12.3. The van der Waals surface area contributed by atoms with Crippen molar-refractivity contribution in [3.8, 4) is 0 Å². The van der Waals surface area contributed by atoms with Crippen molar-refractivity contribution in [3.63, 3.8) is 0 Å². The van der Waals surface area contributed by atoms with Crippen LogP contribution < -0.4 is 0 Å². The summed E-state index contributed by atoms with van der Waals surface area (Å²) < 4.78 is 5.55. The number of benzene rings is 1. The van der Waals surface area contributed by atoms with E-state index < -0.39 is 0 Å². The van der Waals surface area contributed by atoms with Crippen LogP contribution in [0.4, 0.5) is 0 Å². The lowest BCUT2D eigenvalue weighted by Gasteiger charge is -2.30. The fourth-order valence-corrected chi connectivity index (χ4v) is 3.81. The zero-order valence-electron chi connectivity index (χ0n) is 14.2. The number of amides is 1. The van der Waals surface area contributed by atoms with Crippen molar-refractivity contribution in [1.82, 2.24) is 4.90 Å². The van der Waals surface area contributed by atoms with Crippen LogP contribution >= 0.6 is 0 Å². The third-order valence-electron chi connectivity index (χ3n) is 4.89. The van der Waals surface area contributed by atoms with Crippen molar-refractivity contribution in [3.05, 3.63) is 47.7 Å². The highest BCUT2D eigenvalue weighted by Gasteiger charge is 2.34. The molecule has 0 spiro atoms. The van der Waals surface area contributed by atoms with Crippen molar-refractivity contribution in [1.29, 1.82) is 0 Å². The van der Waals surface area contributed by atoms with Crippen LogP contribution in [0.1, 0.15) is 44.6 Å². The number of hydrogen-bond donors (Lipinski definition) is 0. The summed E-state index contributed by atoms with van der Waals surface area (Å²) in [6, 6.07) is 10.3. The minimum absolute atomic E-state index is 0.147. The largest absolute Gasteiger partial charge is 0.498 e. The van der Waals surface area contributed by atoms with Crippen molar-refractivity contribution in [2.75, 3.05) is 6.61 Å². The predicted octanol–water partition coefficient (Wildman–Crippen LogP) is 3.47. The standard InChI is InChI=1S/C20H25NO3/c1-2-24-19-12-16(11-18(22)13-19)10-17-8-9-20(23)21(17)14-15-6-4-3-5-7-15/h3-7,13,16-17H,2,8-12,14H2,1H3/t16?,17-/m0/s1. The highest BCUT2D eigenvalue weighted by atomic mass is 16.5. The Bertz CT molecular complexity index is 623. The van der Waals surface area contributed by atoms with Gasteiger partial charge in [-0.1, -0.05) is 30.3 Å². The zero-order valence-corrected chi connectivity index (χ0v) is 14.2. The summed E-state index contributed by atoms with van der Waals surface area (Å²) in [6.45, 7) is 3.19. The number of ether oxygens (including phenoxy) is 1. The topological polar surface area (TPSA) is 46.6 Å². The molecule has 2 atom stereocenters. The smallest absolute Gasteiger partial charge is 0.223 e. The van der Waals surface area contributed by atoms with Gasteiger partial charge in [-0.3, -0.25) is 9.59 Å². The molecule has 0 N–H and O–H groups in total. The second-order valence-corrected chi connectivity index (χ2v) is 6.72. The molecule has 0 aromatic heterocycles. The van der Waals surface area contributed by atoms with E-state index in [4.69, 9.17) is 4.74 Å². The third kappa shape index (κ3) is 4.05. The van der Waals surface area contributed by atoms with E-state index in [0.29, 0.717) is 26.0 Å². The summed E-state index contributed by atoms with van der Waals surface area (Å²) in [6.07, 6.45) is 5.41. The van der Waals surface area contributed by atoms with Gasteiger partial charge in [-0.2, -0.15) is 0 Å². The van der Waals surface area contributed by atoms with Gasteiger partial charge in [-0.05, 0) is 31.2 Å². The Labute approximate surface area is 143 Å². The number of rotatable bonds is 6. The van der Waals surface area contributed by atoms with Gasteiger partial charge in [0, 0.05) is 37.9 Å². The van der Waals surface area contributed by atoms with E-state index >= 15 is 0 Å². The van der Waals surface area contributed by atoms with E-state index in [1.54, 1.807) is 6.08 Å². The van der Waals surface area contributed by atoms with E-state index in [1.165, 1.54) is 0 Å². The summed E-state index contributed by atoms with van der Waals surface area (Å²) >= 11 is 0. The number of ketones is 1. The minimum atomic E-state index is 0.147. The molecule has 128 valence electrons. The fourth-order valence-electron chi connectivity index (χ4n) is 3.81. The van der Waals surface area contributed by atoms with Gasteiger partial charge < -0.3 is 9.64 Å². The summed E-state index contributed by atoms with van der Waals surface area (Å²) in [4.78, 5) is 26.2. The first-order chi connectivity index (χ1) is 11.7. The second-order valence-electron chi connectivity index (χ2n) is 6.72. The van der Waals surface area contributed by atoms with Crippen molar-refractivity contribution >= 4 is 11.7 Å². The third-order valence-corrected chi connectivity index (χ3v) is 4.89. The average Bonchev–Trinajstić information content (AvgIpc) is 2.89. The van der Waals surface area contributed by atoms with E-state index in [0.717, 1.165) is 30.6 Å². The van der Waals surface area contributed by atoms with Gasteiger partial charge >= 0.3 is 0 Å². The molecule has 1 aliphatic carbocycles. The van der Waals surface area contributed by atoms with Crippen molar-refractivity contribution < 1.29 is 14.3 Å². The van der Waals surface area contributed by atoms with Crippen molar-refractivity contribution in [2.45, 2.75) is 51.6 Å². The quantitative estimate of drug-likeness (QED) is 0.804. The van der Waals surface area contributed by atoms with Crippen LogP contribution in [0.2, 0.25) is 0 Å². The molecule has 3 rings (SSSR count). The second kappa shape index (κ2) is 7.65. The van der Waals surface area contributed by atoms with Gasteiger partial charge in [-0.25, -0.2) is 0 Å². The molecule has 4 nitrogen and oxygen atoms in total. The van der Waals surface area contributed by atoms with Gasteiger partial charge in [-0.15, -0.1) is 0 Å². The molecule has 0 bridgehead atoms. The molecule has 1 saturated heterocycles. The maximum Gasteiger partial charge on any atom is 0.223 e. The number of likely N-dealkylation sites (tertiary alicyclic amines) is 1. The molecular formula is C20H25NO3. The molecule has 1 fully saturated rings. The van der Waals surface area contributed by atoms with Crippen LogP contribution in [0, 0.1) is 5.92 Å². The molecule has 24 heavy (non-hydrogen) atoms. The molecule has 1 aromatic carbocycles. The Balaban J connectivity index is 1.64. The van der Waals surface area contributed by atoms with E-state index in [-0.39, 0.29) is 23.7 Å². The molecule has 1 unspecified atom stereocenters. The highest BCUT2D eigenvalue weighted by Crippen LogP contribution is 2.32. The van der Waals surface area contributed by atoms with Crippen LogP contribution in [0.5, 0.6) is 0 Å². The SMILES string of the molecule is CCOC1=CC(=O)CC(C[C@@H]2CCC(=O)N2Cc2ccccc2)C1. The van der Waals surface area contributed by atoms with Crippen LogP contribution in [-0.2, 0) is 20.9 Å². The Kier molecular flexibility index (Phi) is 5.34. The highest BCUT2D eigenvalue weighted by molar-refractivity contribution is 5.91. The zero-order chi connectivity index (χ0) is 16.9. The first-order valence-electron chi connectivity index (χ1n) is 8.85. The molecule has 0 saturated carbocycles. The Morgan fingerprint density at radius 3 is 2.71 bits per heavy atom. The summed E-state index contributed by atoms with van der Waals surface area (Å²) in [5.74, 6) is 1.45. The monoisotopic (exact) mass is 327 g/mol. The van der Waals surface area contributed by atoms with E-state index in [2.05, 4.69) is 12.1 Å². The molecule has 1 amide bonds. The molecule has 0 radical (unpaired) electrons. The fraction of sp³-hybridized carbons (Fsp3) is 0.500. The first-order valence-corrected chi connectivity index (χ1v) is 8.85. The number of carbonyl (C=O) groups excluding carboxylic acids is 2. The number of carbonyl (C=O) groups is 2. The number of nitrogens with zero attached hydrogens (tertiary/aromatic N) is 1. The molecular weight excluding hydrogens is 302 g/mol. The minimum Gasteiger partial charge on any atom is -0.498 e. The van der Waals surface area contributed by atoms with Crippen LogP contribution in [0.3, 0.4) is 0 Å². The summed E-state index contributed by atoms with van der Waals surface area (Å²) in [5, 5.41) is 0. The lowest BCUT2D eigenvalue weighted by atomic mass is 9.86. The van der Waals surface area contributed by atoms with Gasteiger partial charge in [0.25, 0.3) is 0 Å². The lowest BCUT2D eigenvalue weighted by molar-refractivity contribution is -0.129. The summed E-state index contributed by atoms with van der Waals surface area (Å²) in [7, 11) is 0. The normalized spacial score (nSPS) is 24.2. The van der Waals surface area contributed by atoms with Crippen LogP contribution in [-0.4, -0.2) is 29.2 Å². The van der Waals surface area contributed by atoms with Gasteiger partial charge in [0.05, 0.1) is 12.4 Å². The Hall–Kier alpha value is -2.10. The molecule has 1 aromatic rings. The van der Waals surface area contributed by atoms with E-state index in [9.17, 15) is 9.59 Å². The predicted molar refractivity (Wildman–Crippen MR) is 92.1 cm³/mol.